The van der Waals surface area contributed by atoms with E-state index in [0.717, 1.165) is 41.7 Å². The lowest BCUT2D eigenvalue weighted by molar-refractivity contribution is 0.421. The molecule has 48 heavy (non-hydrogen) atoms. The highest BCUT2D eigenvalue weighted by atomic mass is 28.3. The van der Waals surface area contributed by atoms with Crippen LogP contribution in [0.15, 0.2) is 164 Å². The molecule has 1 aliphatic carbocycles. The van der Waals surface area contributed by atoms with E-state index >= 15 is 0 Å². The minimum absolute atomic E-state index is 0.00663. The molecule has 1 heterocycles. The van der Waals surface area contributed by atoms with Crippen molar-refractivity contribution in [2.45, 2.75) is 25.6 Å². The van der Waals surface area contributed by atoms with Crippen LogP contribution in [0.5, 0.6) is 11.5 Å². The van der Waals surface area contributed by atoms with Gasteiger partial charge in [-0.3, -0.25) is 0 Å². The standard InChI is InChI=1S/C46H36OSi/c1-46(2)41-24-13-14-26-43(41)47-45-42(46)25-15-27-44(45)48(3,31-16-5-4-6-17-31)32-28-29-39-37-22-10-9-20-35(37)33-18-7-8-19-34(33)36-21-11-12-23-38(36)40(39)30-32/h4-30H,1-3H3/b35-33-,36-34-,39-37-,40-38-/i1D3,2D3,3D3. The smallest absolute Gasteiger partial charge is 0.150 e. The van der Waals surface area contributed by atoms with Crippen molar-refractivity contribution in [3.05, 3.63) is 217 Å². The molecule has 0 spiro atoms. The summed E-state index contributed by atoms with van der Waals surface area (Å²) in [5.74, 6) is 0.0232. The minimum atomic E-state index is -4.37. The second kappa shape index (κ2) is 10.8. The first-order valence-corrected chi connectivity index (χ1v) is 18.1. The highest BCUT2D eigenvalue weighted by Crippen LogP contribution is 2.47. The Hall–Kier alpha value is -5.44. The zero-order chi connectivity index (χ0) is 40.0. The van der Waals surface area contributed by atoms with Crippen LogP contribution in [0.3, 0.4) is 0 Å². The van der Waals surface area contributed by atoms with Crippen molar-refractivity contribution in [3.8, 4) is 11.5 Å². The third-order valence-electron chi connectivity index (χ3n) is 9.93. The lowest BCUT2D eigenvalue weighted by atomic mass is 9.76. The van der Waals surface area contributed by atoms with Gasteiger partial charge in [0, 0.05) is 28.9 Å². The summed E-state index contributed by atoms with van der Waals surface area (Å²) >= 11 is 0. The maximum absolute atomic E-state index is 9.65. The second-order valence-electron chi connectivity index (χ2n) is 12.5. The molecule has 1 unspecified atom stereocenters. The van der Waals surface area contributed by atoms with Gasteiger partial charge in [0.15, 0.2) is 0 Å². The first kappa shape index (κ1) is 20.7. The lowest BCUT2D eigenvalue weighted by Crippen LogP contribution is -2.65. The van der Waals surface area contributed by atoms with Gasteiger partial charge in [-0.15, -0.1) is 0 Å². The Morgan fingerprint density at radius 1 is 0.458 bits per heavy atom. The highest BCUT2D eigenvalue weighted by Gasteiger charge is 2.42. The van der Waals surface area contributed by atoms with E-state index in [1.165, 1.54) is 12.1 Å². The number of benzene rings is 7. The number of para-hydroxylation sites is 2. The third-order valence-corrected chi connectivity index (χ3v) is 13.5. The van der Waals surface area contributed by atoms with Crippen molar-refractivity contribution < 1.29 is 17.1 Å². The Morgan fingerprint density at radius 2 is 0.979 bits per heavy atom. The minimum Gasteiger partial charge on any atom is -0.457 e. The van der Waals surface area contributed by atoms with Crippen LogP contribution in [0.25, 0.3) is 0 Å². The Balaban J connectivity index is 1.52. The molecule has 0 aromatic heterocycles. The van der Waals surface area contributed by atoms with Crippen LogP contribution in [0, 0.1) is 41.7 Å². The summed E-state index contributed by atoms with van der Waals surface area (Å²) in [5, 5.41) is 9.24. The van der Waals surface area contributed by atoms with Crippen LogP contribution >= 0.6 is 0 Å². The number of hydrogen-bond donors (Lipinski definition) is 0. The van der Waals surface area contributed by atoms with Gasteiger partial charge < -0.3 is 4.74 Å². The zero-order valence-electron chi connectivity index (χ0n) is 35.0. The predicted molar refractivity (Wildman–Crippen MR) is 199 cm³/mol. The summed E-state index contributed by atoms with van der Waals surface area (Å²) in [6, 6.07) is 50.7. The van der Waals surface area contributed by atoms with Crippen LogP contribution < -0.4 is 20.3 Å². The average molecular weight is 642 g/mol. The Labute approximate surface area is 294 Å². The van der Waals surface area contributed by atoms with E-state index in [9.17, 15) is 4.11 Å². The molecular formula is C46H36OSi. The fourth-order valence-electron chi connectivity index (χ4n) is 7.62. The van der Waals surface area contributed by atoms with Crippen molar-refractivity contribution in [1.82, 2.24) is 0 Å². The Morgan fingerprint density at radius 3 is 1.58 bits per heavy atom. The summed E-state index contributed by atoms with van der Waals surface area (Å²) in [6.45, 7) is -8.87. The number of hydrogen-bond acceptors (Lipinski definition) is 1. The largest absolute Gasteiger partial charge is 0.457 e. The first-order valence-electron chi connectivity index (χ1n) is 20.6. The van der Waals surface area contributed by atoms with Crippen molar-refractivity contribution in [1.29, 1.82) is 0 Å². The molecule has 1 nitrogen and oxygen atoms in total. The number of fused-ring (bicyclic) bond motifs is 6. The van der Waals surface area contributed by atoms with E-state index < -0.39 is 33.7 Å². The summed E-state index contributed by atoms with van der Waals surface area (Å²) in [4.78, 5) is 0. The van der Waals surface area contributed by atoms with E-state index in [1.54, 1.807) is 42.5 Å². The molecular weight excluding hydrogens is 597 g/mol. The summed E-state index contributed by atoms with van der Waals surface area (Å²) < 4.78 is 89.1. The molecule has 1 aliphatic heterocycles. The summed E-state index contributed by atoms with van der Waals surface area (Å²) in [7, 11) is -4.37. The Kier molecular flexibility index (Phi) is 4.66. The van der Waals surface area contributed by atoms with Gasteiger partial charge in [-0.25, -0.2) is 0 Å². The van der Waals surface area contributed by atoms with Crippen molar-refractivity contribution in [2.24, 2.45) is 0 Å². The van der Waals surface area contributed by atoms with E-state index in [0.29, 0.717) is 10.4 Å². The SMILES string of the molecule is [2H]C([2H])([2H])C1(C([2H])([2H])[2H])c2ccccc2Oc2c1cccc2[Si](c1ccccc1)(c1ccc2/c(c1)=c1/cccc/c1=c1\cccc\c1=c1/cccc/c1=2)C([2H])([2H])[2H]. The molecule has 0 bridgehead atoms. The summed E-state index contributed by atoms with van der Waals surface area (Å²) in [5.41, 5.74) is -2.60. The van der Waals surface area contributed by atoms with E-state index in [2.05, 4.69) is 36.4 Å². The van der Waals surface area contributed by atoms with Crippen LogP contribution in [0.2, 0.25) is 6.48 Å². The molecule has 0 saturated carbocycles. The maximum Gasteiger partial charge on any atom is 0.150 e. The Bertz CT molecular complexity index is 3130. The predicted octanol–water partition coefficient (Wildman–Crippen LogP) is 8.68. The second-order valence-corrected chi connectivity index (χ2v) is 15.7. The van der Waals surface area contributed by atoms with Gasteiger partial charge in [0.1, 0.15) is 19.6 Å². The van der Waals surface area contributed by atoms with Gasteiger partial charge in [-0.2, -0.15) is 0 Å². The van der Waals surface area contributed by atoms with Gasteiger partial charge in [0.05, 0.1) is 0 Å². The van der Waals surface area contributed by atoms with Gasteiger partial charge in [0.25, 0.3) is 0 Å². The van der Waals surface area contributed by atoms with E-state index in [-0.39, 0.29) is 27.8 Å². The molecule has 9 rings (SSSR count). The molecule has 0 fully saturated rings. The molecule has 230 valence electrons. The molecule has 7 aromatic carbocycles. The van der Waals surface area contributed by atoms with Crippen molar-refractivity contribution in [2.75, 3.05) is 0 Å². The average Bonchev–Trinajstić information content (AvgIpc) is 3.19. The van der Waals surface area contributed by atoms with Gasteiger partial charge in [-0.05, 0) is 63.4 Å². The number of rotatable bonds is 3. The zero-order valence-corrected chi connectivity index (χ0v) is 27.0. The highest BCUT2D eigenvalue weighted by molar-refractivity contribution is 7.11. The van der Waals surface area contributed by atoms with Gasteiger partial charge >= 0.3 is 0 Å². The normalized spacial score (nSPS) is 21.2. The molecule has 7 aromatic rings. The lowest BCUT2D eigenvalue weighted by Gasteiger charge is -2.39. The molecule has 1 atom stereocenters. The van der Waals surface area contributed by atoms with Crippen LogP contribution in [-0.2, 0) is 5.41 Å². The van der Waals surface area contributed by atoms with Crippen LogP contribution in [-0.4, -0.2) is 8.07 Å². The van der Waals surface area contributed by atoms with Gasteiger partial charge in [0.2, 0.25) is 0 Å². The molecule has 0 amide bonds. The maximum atomic E-state index is 9.65. The fraction of sp³-hybridized carbons (Fsp3) is 0.0870. The summed E-state index contributed by atoms with van der Waals surface area (Å²) in [6.07, 6.45) is 0. The monoisotopic (exact) mass is 641 g/mol. The van der Waals surface area contributed by atoms with Crippen molar-refractivity contribution in [3.63, 3.8) is 0 Å². The molecule has 2 aliphatic rings. The van der Waals surface area contributed by atoms with Crippen LogP contribution in [0.4, 0.5) is 0 Å². The van der Waals surface area contributed by atoms with Crippen LogP contribution in [0.1, 0.15) is 37.2 Å². The topological polar surface area (TPSA) is 9.23 Å². The molecule has 0 N–H and O–H groups in total. The molecule has 0 saturated heterocycles. The third kappa shape index (κ3) is 4.16. The van der Waals surface area contributed by atoms with Crippen molar-refractivity contribution >= 4 is 23.6 Å². The molecule has 2 heteroatoms. The van der Waals surface area contributed by atoms with Gasteiger partial charge in [-0.1, -0.05) is 178 Å². The van der Waals surface area contributed by atoms with E-state index in [1.807, 2.05) is 72.8 Å². The van der Waals surface area contributed by atoms with E-state index in [4.69, 9.17) is 13.0 Å². The quantitative estimate of drug-likeness (QED) is 0.139. The first-order chi connectivity index (χ1) is 27.2. The number of ether oxygens (including phenoxy) is 1. The fourth-order valence-corrected chi connectivity index (χ4v) is 10.8. The molecule has 0 radical (unpaired) electrons.